The van der Waals surface area contributed by atoms with E-state index in [1.165, 1.54) is 21.2 Å². The van der Waals surface area contributed by atoms with Gasteiger partial charge in [0.2, 0.25) is 0 Å². The Kier molecular flexibility index (Phi) is 4.94. The minimum atomic E-state index is 0.615. The summed E-state index contributed by atoms with van der Waals surface area (Å²) < 4.78 is 0. The first-order valence-corrected chi connectivity index (χ1v) is 7.89. The Morgan fingerprint density at radius 2 is 2.05 bits per heavy atom. The number of anilines is 1. The van der Waals surface area contributed by atoms with Crippen LogP contribution in [0.1, 0.15) is 33.6 Å². The van der Waals surface area contributed by atoms with Gasteiger partial charge < -0.3 is 10.2 Å². The number of hydrogen-bond donors (Lipinski definition) is 1. The zero-order valence-electron chi connectivity index (χ0n) is 12.4. The van der Waals surface area contributed by atoms with Gasteiger partial charge in [-0.1, -0.05) is 30.8 Å². The molecule has 0 bridgehead atoms. The topological polar surface area (TPSA) is 15.3 Å². The molecule has 0 aliphatic carbocycles. The lowest BCUT2D eigenvalue weighted by molar-refractivity contribution is 0.276. The fourth-order valence-electron chi connectivity index (χ4n) is 2.10. The first-order valence-electron chi connectivity index (χ1n) is 7.08. The third kappa shape index (κ3) is 3.54. The Balaban J connectivity index is 2.04. The molecule has 19 heavy (non-hydrogen) atoms. The number of thioether (sulfide) groups is 1. The monoisotopic (exact) mass is 276 g/mol. The average molecular weight is 276 g/mol. The fourth-order valence-corrected chi connectivity index (χ4v) is 3.24. The van der Waals surface area contributed by atoms with Crippen molar-refractivity contribution in [2.75, 3.05) is 18.9 Å². The van der Waals surface area contributed by atoms with E-state index < -0.39 is 0 Å². The summed E-state index contributed by atoms with van der Waals surface area (Å²) in [6, 6.07) is 9.16. The number of hydrogen-bond acceptors (Lipinski definition) is 3. The van der Waals surface area contributed by atoms with E-state index in [-0.39, 0.29) is 0 Å². The van der Waals surface area contributed by atoms with Gasteiger partial charge in [-0.05, 0) is 51.4 Å². The quantitative estimate of drug-likeness (QED) is 0.849. The minimum absolute atomic E-state index is 0.615. The van der Waals surface area contributed by atoms with Crippen LogP contribution in [-0.4, -0.2) is 24.5 Å². The van der Waals surface area contributed by atoms with Gasteiger partial charge in [0.25, 0.3) is 0 Å². The highest BCUT2D eigenvalue weighted by Crippen LogP contribution is 2.42. The van der Waals surface area contributed by atoms with E-state index in [4.69, 9.17) is 0 Å². The van der Waals surface area contributed by atoms with Gasteiger partial charge in [0.1, 0.15) is 0 Å². The van der Waals surface area contributed by atoms with Crippen LogP contribution in [0.4, 0.5) is 5.69 Å². The summed E-state index contributed by atoms with van der Waals surface area (Å²) >= 11 is 1.88. The van der Waals surface area contributed by atoms with Crippen LogP contribution in [-0.2, 0) is 0 Å². The van der Waals surface area contributed by atoms with Crippen molar-refractivity contribution in [1.82, 2.24) is 4.90 Å². The van der Waals surface area contributed by atoms with Gasteiger partial charge in [0.05, 0.1) is 10.7 Å². The Labute approximate surface area is 121 Å². The van der Waals surface area contributed by atoms with E-state index in [2.05, 4.69) is 62.3 Å². The van der Waals surface area contributed by atoms with Crippen LogP contribution < -0.4 is 5.32 Å². The number of nitrogens with zero attached hydrogens (tertiary/aromatic N) is 1. The van der Waals surface area contributed by atoms with Gasteiger partial charge in [0.15, 0.2) is 0 Å². The highest BCUT2D eigenvalue weighted by Gasteiger charge is 2.18. The first-order chi connectivity index (χ1) is 9.11. The summed E-state index contributed by atoms with van der Waals surface area (Å²) in [4.78, 5) is 3.75. The van der Waals surface area contributed by atoms with E-state index in [0.29, 0.717) is 6.04 Å². The Morgan fingerprint density at radius 1 is 1.32 bits per heavy atom. The second-order valence-corrected chi connectivity index (χ2v) is 6.39. The molecule has 2 rings (SSSR count). The van der Waals surface area contributed by atoms with E-state index in [9.17, 15) is 0 Å². The summed E-state index contributed by atoms with van der Waals surface area (Å²) in [5.74, 6) is 0. The number of fused-ring (bicyclic) bond motifs is 1. The Bertz CT molecular complexity index is 439. The summed E-state index contributed by atoms with van der Waals surface area (Å²) in [5.41, 5.74) is 2.79. The van der Waals surface area contributed by atoms with Crippen LogP contribution >= 0.6 is 11.8 Å². The zero-order chi connectivity index (χ0) is 13.8. The molecular formula is C16H24N2S. The normalized spacial score (nSPS) is 16.7. The predicted octanol–water partition coefficient (Wildman–Crippen LogP) is 4.56. The van der Waals surface area contributed by atoms with Crippen LogP contribution in [0.25, 0.3) is 0 Å². The molecule has 1 aliphatic heterocycles. The lowest BCUT2D eigenvalue weighted by Gasteiger charge is -2.21. The van der Waals surface area contributed by atoms with Crippen LogP contribution in [0.5, 0.6) is 0 Å². The molecule has 2 nitrogen and oxygen atoms in total. The summed E-state index contributed by atoms with van der Waals surface area (Å²) in [6.07, 6.45) is 2.27. The van der Waals surface area contributed by atoms with E-state index in [0.717, 1.165) is 19.4 Å². The molecule has 0 unspecified atom stereocenters. The van der Waals surface area contributed by atoms with Crippen LogP contribution in [0.15, 0.2) is 39.8 Å². The SMILES string of the molecule is CC/C(CCN(C)C(C)C)=C1\Nc2ccccc2S1. The smallest absolute Gasteiger partial charge is 0.0767 e. The maximum Gasteiger partial charge on any atom is 0.0767 e. The maximum atomic E-state index is 3.56. The molecule has 0 fully saturated rings. The summed E-state index contributed by atoms with van der Waals surface area (Å²) in [7, 11) is 2.20. The van der Waals surface area contributed by atoms with Gasteiger partial charge >= 0.3 is 0 Å². The number of nitrogens with one attached hydrogen (secondary N) is 1. The second kappa shape index (κ2) is 6.49. The van der Waals surface area contributed by atoms with Gasteiger partial charge in [-0.2, -0.15) is 0 Å². The molecule has 1 aromatic carbocycles. The first kappa shape index (κ1) is 14.5. The number of para-hydroxylation sites is 1. The predicted molar refractivity (Wildman–Crippen MR) is 85.6 cm³/mol. The third-order valence-corrected chi connectivity index (χ3v) is 4.91. The second-order valence-electron chi connectivity index (χ2n) is 5.33. The largest absolute Gasteiger partial charge is 0.349 e. The van der Waals surface area contributed by atoms with Gasteiger partial charge in [-0.3, -0.25) is 0 Å². The molecular weight excluding hydrogens is 252 g/mol. The minimum Gasteiger partial charge on any atom is -0.349 e. The lowest BCUT2D eigenvalue weighted by atomic mass is 10.1. The molecule has 1 N–H and O–H groups in total. The van der Waals surface area contributed by atoms with Crippen molar-refractivity contribution in [2.24, 2.45) is 0 Å². The standard InChI is InChI=1S/C16H24N2S/c1-5-13(10-11-18(4)12(2)3)16-17-14-8-6-7-9-15(14)19-16/h6-9,12,17H,5,10-11H2,1-4H3/b16-13-. The van der Waals surface area contributed by atoms with E-state index in [1.807, 2.05) is 11.8 Å². The zero-order valence-corrected chi connectivity index (χ0v) is 13.2. The lowest BCUT2D eigenvalue weighted by Crippen LogP contribution is -2.27. The average Bonchev–Trinajstić information content (AvgIpc) is 2.82. The van der Waals surface area contributed by atoms with Gasteiger partial charge in [-0.25, -0.2) is 0 Å². The molecule has 0 amide bonds. The Morgan fingerprint density at radius 3 is 2.68 bits per heavy atom. The third-order valence-electron chi connectivity index (χ3n) is 3.74. The molecule has 3 heteroatoms. The fraction of sp³-hybridized carbons (Fsp3) is 0.500. The van der Waals surface area contributed by atoms with Crippen molar-refractivity contribution < 1.29 is 0 Å². The van der Waals surface area contributed by atoms with Crippen LogP contribution in [0.2, 0.25) is 0 Å². The molecule has 0 atom stereocenters. The highest BCUT2D eigenvalue weighted by atomic mass is 32.2. The summed E-state index contributed by atoms with van der Waals surface area (Å²) in [6.45, 7) is 7.88. The van der Waals surface area contributed by atoms with Crippen molar-refractivity contribution >= 4 is 17.4 Å². The van der Waals surface area contributed by atoms with Crippen molar-refractivity contribution in [2.45, 2.75) is 44.6 Å². The van der Waals surface area contributed by atoms with Gasteiger partial charge in [-0.15, -0.1) is 0 Å². The number of rotatable bonds is 5. The molecule has 0 saturated heterocycles. The van der Waals surface area contributed by atoms with Crippen molar-refractivity contribution in [3.8, 4) is 0 Å². The Hall–Kier alpha value is -0.930. The summed E-state index contributed by atoms with van der Waals surface area (Å²) in [5, 5.41) is 4.91. The van der Waals surface area contributed by atoms with Crippen LogP contribution in [0.3, 0.4) is 0 Å². The van der Waals surface area contributed by atoms with Crippen molar-refractivity contribution in [3.63, 3.8) is 0 Å². The van der Waals surface area contributed by atoms with Gasteiger partial charge in [0, 0.05) is 17.5 Å². The van der Waals surface area contributed by atoms with E-state index >= 15 is 0 Å². The molecule has 0 radical (unpaired) electrons. The maximum absolute atomic E-state index is 3.56. The highest BCUT2D eigenvalue weighted by molar-refractivity contribution is 8.03. The molecule has 0 saturated carbocycles. The number of benzene rings is 1. The molecule has 1 aliphatic rings. The molecule has 0 spiro atoms. The van der Waals surface area contributed by atoms with Crippen molar-refractivity contribution in [3.05, 3.63) is 34.9 Å². The molecule has 0 aromatic heterocycles. The molecule has 1 heterocycles. The van der Waals surface area contributed by atoms with Crippen LogP contribution in [0, 0.1) is 0 Å². The molecule has 104 valence electrons. The molecule has 1 aromatic rings. The van der Waals surface area contributed by atoms with E-state index in [1.54, 1.807) is 0 Å². The van der Waals surface area contributed by atoms with Crippen molar-refractivity contribution in [1.29, 1.82) is 0 Å².